The summed E-state index contributed by atoms with van der Waals surface area (Å²) < 4.78 is 0. The van der Waals surface area contributed by atoms with Gasteiger partial charge in [-0.05, 0) is 38.7 Å². The van der Waals surface area contributed by atoms with Crippen molar-refractivity contribution >= 4 is 17.2 Å². The van der Waals surface area contributed by atoms with E-state index in [1.54, 1.807) is 11.3 Å². The van der Waals surface area contributed by atoms with E-state index in [1.807, 2.05) is 12.3 Å². The molecule has 1 aromatic carbocycles. The number of amides is 1. The Bertz CT molecular complexity index is 790. The quantitative estimate of drug-likeness (QED) is 0.786. The maximum absolute atomic E-state index is 13.1. The summed E-state index contributed by atoms with van der Waals surface area (Å²) in [5.74, 6) is 0.321. The van der Waals surface area contributed by atoms with Gasteiger partial charge < -0.3 is 4.90 Å². The highest BCUT2D eigenvalue weighted by Gasteiger charge is 2.49. The van der Waals surface area contributed by atoms with E-state index in [-0.39, 0.29) is 5.54 Å². The van der Waals surface area contributed by atoms with Crippen molar-refractivity contribution in [2.24, 2.45) is 0 Å². The molecule has 2 atom stereocenters. The number of aryl methyl sites for hydroxylation is 1. The van der Waals surface area contributed by atoms with Crippen LogP contribution in [0.5, 0.6) is 0 Å². The molecule has 2 aliphatic heterocycles. The number of likely N-dealkylation sites (tertiary alicyclic amines) is 2. The van der Waals surface area contributed by atoms with Crippen LogP contribution in [0.15, 0.2) is 36.5 Å². The molecule has 0 bridgehead atoms. The lowest BCUT2D eigenvalue weighted by atomic mass is 9.84. The van der Waals surface area contributed by atoms with Crippen LogP contribution in [0.4, 0.5) is 0 Å². The van der Waals surface area contributed by atoms with Gasteiger partial charge in [0, 0.05) is 43.2 Å². The van der Waals surface area contributed by atoms with Crippen LogP contribution in [0.25, 0.3) is 0 Å². The van der Waals surface area contributed by atoms with Gasteiger partial charge >= 0.3 is 0 Å². The van der Waals surface area contributed by atoms with E-state index in [1.165, 1.54) is 16.9 Å². The highest BCUT2D eigenvalue weighted by molar-refractivity contribution is 7.11. The van der Waals surface area contributed by atoms with Gasteiger partial charge in [0.1, 0.15) is 0 Å². The first-order valence-electron chi connectivity index (χ1n) is 10.1. The van der Waals surface area contributed by atoms with E-state index >= 15 is 0 Å². The molecule has 4 rings (SSSR count). The van der Waals surface area contributed by atoms with Crippen molar-refractivity contribution in [1.82, 2.24) is 14.8 Å². The van der Waals surface area contributed by atoms with Crippen LogP contribution in [0.3, 0.4) is 0 Å². The van der Waals surface area contributed by atoms with Crippen LogP contribution in [-0.4, -0.2) is 38.8 Å². The van der Waals surface area contributed by atoms with Crippen LogP contribution in [0, 0.1) is 6.92 Å². The van der Waals surface area contributed by atoms with Crippen LogP contribution >= 0.6 is 11.3 Å². The number of carbonyl (C=O) groups is 1. The van der Waals surface area contributed by atoms with Crippen molar-refractivity contribution in [1.29, 1.82) is 0 Å². The highest BCUT2D eigenvalue weighted by Crippen LogP contribution is 2.40. The second-order valence-electron chi connectivity index (χ2n) is 8.15. The summed E-state index contributed by atoms with van der Waals surface area (Å²) in [6.45, 7) is 7.12. The number of carbonyl (C=O) groups excluding carboxylic acids is 1. The molecule has 4 nitrogen and oxygen atoms in total. The summed E-state index contributed by atoms with van der Waals surface area (Å²) >= 11 is 1.79. The van der Waals surface area contributed by atoms with E-state index in [2.05, 4.69) is 52.9 Å². The number of aromatic nitrogens is 1. The number of thiazole rings is 1. The topological polar surface area (TPSA) is 36.4 Å². The molecule has 2 fully saturated rings. The summed E-state index contributed by atoms with van der Waals surface area (Å²) in [5.41, 5.74) is 1.13. The zero-order chi connectivity index (χ0) is 18.9. The predicted octanol–water partition coefficient (Wildman–Crippen LogP) is 4.39. The van der Waals surface area contributed by atoms with Crippen molar-refractivity contribution in [3.8, 4) is 0 Å². The molecule has 2 aliphatic rings. The average Bonchev–Trinajstić information content (AvgIpc) is 3.21. The first-order chi connectivity index (χ1) is 13.1. The second-order valence-corrected chi connectivity index (χ2v) is 9.47. The number of hydrogen-bond donors (Lipinski definition) is 0. The lowest BCUT2D eigenvalue weighted by Gasteiger charge is -2.46. The molecule has 3 heterocycles. The Balaban J connectivity index is 1.60. The van der Waals surface area contributed by atoms with Crippen LogP contribution in [0.2, 0.25) is 0 Å². The van der Waals surface area contributed by atoms with Gasteiger partial charge in [-0.1, -0.05) is 36.8 Å². The molecule has 0 aliphatic carbocycles. The number of nitrogens with zero attached hydrogens (tertiary/aromatic N) is 3. The predicted molar refractivity (Wildman–Crippen MR) is 110 cm³/mol. The summed E-state index contributed by atoms with van der Waals surface area (Å²) in [7, 11) is 0. The monoisotopic (exact) mass is 383 g/mol. The van der Waals surface area contributed by atoms with Gasteiger partial charge in [-0.2, -0.15) is 0 Å². The lowest BCUT2D eigenvalue weighted by Crippen LogP contribution is -2.57. The molecule has 0 N–H and O–H groups in total. The Morgan fingerprint density at radius 3 is 2.78 bits per heavy atom. The van der Waals surface area contributed by atoms with Gasteiger partial charge in [0.15, 0.2) is 0 Å². The van der Waals surface area contributed by atoms with E-state index in [9.17, 15) is 4.79 Å². The first kappa shape index (κ1) is 18.6. The third-order valence-electron chi connectivity index (χ3n) is 6.31. The molecular weight excluding hydrogens is 354 g/mol. The maximum atomic E-state index is 13.1. The van der Waals surface area contributed by atoms with E-state index in [0.717, 1.165) is 43.9 Å². The minimum Gasteiger partial charge on any atom is -0.331 e. The van der Waals surface area contributed by atoms with Crippen LogP contribution < -0.4 is 0 Å². The smallest absolute Gasteiger partial charge is 0.223 e. The third kappa shape index (κ3) is 3.81. The molecule has 0 spiro atoms. The number of fused-ring (bicyclic) bond motifs is 1. The van der Waals surface area contributed by atoms with Crippen molar-refractivity contribution < 1.29 is 4.79 Å². The zero-order valence-corrected chi connectivity index (χ0v) is 17.2. The minimum absolute atomic E-state index is 0.0902. The minimum atomic E-state index is -0.0902. The van der Waals surface area contributed by atoms with E-state index in [0.29, 0.717) is 18.4 Å². The maximum Gasteiger partial charge on any atom is 0.223 e. The molecule has 1 aromatic heterocycles. The highest BCUT2D eigenvalue weighted by atomic mass is 32.1. The van der Waals surface area contributed by atoms with Gasteiger partial charge in [0.2, 0.25) is 5.91 Å². The molecular formula is C22H29N3OS. The fraction of sp³-hybridized carbons (Fsp3) is 0.545. The molecule has 1 amide bonds. The molecule has 0 saturated carbocycles. The van der Waals surface area contributed by atoms with Gasteiger partial charge in [-0.15, -0.1) is 11.3 Å². The van der Waals surface area contributed by atoms with Crippen molar-refractivity contribution in [3.63, 3.8) is 0 Å². The molecule has 2 aromatic rings. The number of rotatable bonds is 4. The van der Waals surface area contributed by atoms with E-state index < -0.39 is 0 Å². The van der Waals surface area contributed by atoms with Crippen molar-refractivity contribution in [2.75, 3.05) is 6.54 Å². The SMILES string of the molecule is Cc1ncc(CN2CC[C@]3(C)[C@H]2CCCCC(=O)N3Cc2ccccc2)s1. The Kier molecular flexibility index (Phi) is 5.33. The molecule has 2 saturated heterocycles. The van der Waals surface area contributed by atoms with Crippen LogP contribution in [-0.2, 0) is 17.9 Å². The Labute approximate surface area is 166 Å². The first-order valence-corrected chi connectivity index (χ1v) is 10.9. The van der Waals surface area contributed by atoms with Gasteiger partial charge in [0.25, 0.3) is 0 Å². The fourth-order valence-corrected chi connectivity index (χ4v) is 5.65. The standard InChI is InChI=1S/C22H29N3OS/c1-17-23-14-19(27-17)16-24-13-12-22(2)20(24)10-6-7-11-21(26)25(22)15-18-8-4-3-5-9-18/h3-5,8-9,14,20H,6-7,10-13,15-16H2,1-2H3/t20-,22-/m1/s1. The van der Waals surface area contributed by atoms with Crippen LogP contribution in [0.1, 0.15) is 54.5 Å². The summed E-state index contributed by atoms with van der Waals surface area (Å²) in [6, 6.07) is 10.9. The molecule has 0 unspecified atom stereocenters. The van der Waals surface area contributed by atoms with Gasteiger partial charge in [-0.25, -0.2) is 4.98 Å². The second kappa shape index (κ2) is 7.72. The summed E-state index contributed by atoms with van der Waals surface area (Å²) in [4.78, 5) is 23.6. The summed E-state index contributed by atoms with van der Waals surface area (Å²) in [6.07, 6.45) is 7.07. The lowest BCUT2D eigenvalue weighted by molar-refractivity contribution is -0.140. The average molecular weight is 384 g/mol. The largest absolute Gasteiger partial charge is 0.331 e. The zero-order valence-electron chi connectivity index (χ0n) is 16.4. The van der Waals surface area contributed by atoms with Gasteiger partial charge in [-0.3, -0.25) is 9.69 Å². The molecule has 27 heavy (non-hydrogen) atoms. The third-order valence-corrected chi connectivity index (χ3v) is 7.21. The number of hydrogen-bond acceptors (Lipinski definition) is 4. The Morgan fingerprint density at radius 2 is 2.04 bits per heavy atom. The normalized spacial score (nSPS) is 26.7. The van der Waals surface area contributed by atoms with Gasteiger partial charge in [0.05, 0.1) is 10.5 Å². The fourth-order valence-electron chi connectivity index (χ4n) is 4.83. The number of benzene rings is 1. The molecule has 144 valence electrons. The summed E-state index contributed by atoms with van der Waals surface area (Å²) in [5, 5.41) is 1.13. The van der Waals surface area contributed by atoms with Crippen molar-refractivity contribution in [2.45, 2.75) is 70.6 Å². The van der Waals surface area contributed by atoms with Crippen molar-refractivity contribution in [3.05, 3.63) is 52.0 Å². The Morgan fingerprint density at radius 1 is 1.22 bits per heavy atom. The van der Waals surface area contributed by atoms with E-state index in [4.69, 9.17) is 0 Å². The molecule has 0 radical (unpaired) electrons. The molecule has 5 heteroatoms. The Hall–Kier alpha value is -1.72.